The number of aliphatic hydroxyl groups is 1. The summed E-state index contributed by atoms with van der Waals surface area (Å²) in [6.45, 7) is -0.778. The van der Waals surface area contributed by atoms with Gasteiger partial charge < -0.3 is 35.2 Å². The predicted octanol–water partition coefficient (Wildman–Crippen LogP) is -1.50. The van der Waals surface area contributed by atoms with Crippen molar-refractivity contribution in [2.24, 2.45) is 5.73 Å². The fourth-order valence-corrected chi connectivity index (χ4v) is 5.57. The van der Waals surface area contributed by atoms with Gasteiger partial charge in [-0.25, -0.2) is 18.5 Å². The Morgan fingerprint density at radius 3 is 2.44 bits per heavy atom. The minimum absolute atomic E-state index is 0.0600. The van der Waals surface area contributed by atoms with E-state index >= 15 is 0 Å². The van der Waals surface area contributed by atoms with Gasteiger partial charge >= 0.3 is 29.2 Å². The fourth-order valence-electron chi connectivity index (χ4n) is 2.54. The summed E-state index contributed by atoms with van der Waals surface area (Å²) in [5.41, 5.74) is 3.81. The van der Waals surface area contributed by atoms with Gasteiger partial charge in [-0.15, -0.1) is 0 Å². The molecule has 1 aromatic heterocycles. The van der Waals surface area contributed by atoms with E-state index in [4.69, 9.17) is 25.2 Å². The average molecular weight is 523 g/mol. The zero-order chi connectivity index (χ0) is 24.3. The molecule has 0 amide bonds. The Balaban J connectivity index is 2.08. The van der Waals surface area contributed by atoms with Crippen LogP contribution in [0.15, 0.2) is 21.9 Å². The van der Waals surface area contributed by atoms with E-state index in [-0.39, 0.29) is 18.5 Å². The number of aliphatic hydroxyl groups excluding tert-OH is 1. The average Bonchev–Trinajstić information content (AvgIpc) is 2.97. The van der Waals surface area contributed by atoms with Crippen LogP contribution < -0.4 is 17.0 Å². The van der Waals surface area contributed by atoms with Crippen LogP contribution in [0.5, 0.6) is 0 Å². The van der Waals surface area contributed by atoms with Gasteiger partial charge in [0.1, 0.15) is 12.3 Å². The van der Waals surface area contributed by atoms with E-state index in [2.05, 4.69) is 13.1 Å². The first kappa shape index (κ1) is 27.0. The standard InChI is InChI=1S/C12H20N3O14P3/c13-3-1-2-7-5-15(12(18)14-11(7)17)10-4-8(16)9(27-10)6-26-31(22,23)29-32(24,25)28-30(19,20)21/h1-2,5,8-10,16H,3-4,6,13H2,(H,22,23)(H,24,25)(H,14,17,18)(H2,19,20,21)/t8-,9+,10+/m0/s1. The lowest BCUT2D eigenvalue weighted by Gasteiger charge is -2.19. The molecule has 0 bridgehead atoms. The molecule has 17 nitrogen and oxygen atoms in total. The maximum absolute atomic E-state index is 12.1. The zero-order valence-corrected chi connectivity index (χ0v) is 18.5. The molecule has 0 aliphatic carbocycles. The van der Waals surface area contributed by atoms with E-state index in [1.54, 1.807) is 0 Å². The van der Waals surface area contributed by atoms with E-state index in [1.165, 1.54) is 12.2 Å². The molecule has 5 atom stereocenters. The molecule has 8 N–H and O–H groups in total. The van der Waals surface area contributed by atoms with Crippen LogP contribution in [-0.2, 0) is 31.6 Å². The van der Waals surface area contributed by atoms with Gasteiger partial charge in [0, 0.05) is 19.2 Å². The van der Waals surface area contributed by atoms with Crippen molar-refractivity contribution >= 4 is 29.5 Å². The monoisotopic (exact) mass is 523 g/mol. The Bertz CT molecular complexity index is 1110. The van der Waals surface area contributed by atoms with E-state index in [9.17, 15) is 33.3 Å². The number of ether oxygens (including phenoxy) is 1. The van der Waals surface area contributed by atoms with Crippen molar-refractivity contribution in [2.45, 2.75) is 24.9 Å². The summed E-state index contributed by atoms with van der Waals surface area (Å²) < 4.78 is 51.6. The highest BCUT2D eigenvalue weighted by molar-refractivity contribution is 7.66. The quantitative estimate of drug-likeness (QED) is 0.172. The Morgan fingerprint density at radius 2 is 1.84 bits per heavy atom. The van der Waals surface area contributed by atoms with Crippen molar-refractivity contribution in [1.29, 1.82) is 0 Å². The van der Waals surface area contributed by atoms with Crippen LogP contribution in [0.4, 0.5) is 0 Å². The molecule has 182 valence electrons. The van der Waals surface area contributed by atoms with Crippen molar-refractivity contribution in [2.75, 3.05) is 13.2 Å². The zero-order valence-electron chi connectivity index (χ0n) is 15.9. The lowest BCUT2D eigenvalue weighted by atomic mass is 10.2. The number of rotatable bonds is 10. The third kappa shape index (κ3) is 7.93. The lowest BCUT2D eigenvalue weighted by Crippen LogP contribution is -2.33. The molecule has 1 aliphatic heterocycles. The highest BCUT2D eigenvalue weighted by atomic mass is 31.3. The minimum atomic E-state index is -5.70. The molecule has 0 saturated carbocycles. The molecular formula is C12H20N3O14P3. The van der Waals surface area contributed by atoms with Gasteiger partial charge in [-0.2, -0.15) is 8.62 Å². The molecule has 1 fully saturated rings. The van der Waals surface area contributed by atoms with E-state index in [1.807, 2.05) is 4.98 Å². The van der Waals surface area contributed by atoms with Gasteiger partial charge in [-0.3, -0.25) is 18.9 Å². The highest BCUT2D eigenvalue weighted by Crippen LogP contribution is 2.66. The van der Waals surface area contributed by atoms with E-state index in [0.29, 0.717) is 0 Å². The van der Waals surface area contributed by atoms with Gasteiger partial charge in [-0.1, -0.05) is 12.2 Å². The van der Waals surface area contributed by atoms with Gasteiger partial charge in [0.2, 0.25) is 0 Å². The molecule has 0 radical (unpaired) electrons. The first-order valence-electron chi connectivity index (χ1n) is 8.46. The molecule has 2 unspecified atom stereocenters. The summed E-state index contributed by atoms with van der Waals surface area (Å²) in [6.07, 6.45) is -0.0802. The van der Waals surface area contributed by atoms with Gasteiger partial charge in [0.05, 0.1) is 18.3 Å². The molecule has 0 spiro atoms. The van der Waals surface area contributed by atoms with Crippen molar-refractivity contribution < 1.29 is 56.3 Å². The van der Waals surface area contributed by atoms with E-state index < -0.39 is 59.8 Å². The van der Waals surface area contributed by atoms with Crippen molar-refractivity contribution in [1.82, 2.24) is 9.55 Å². The number of H-pyrrole nitrogens is 1. The van der Waals surface area contributed by atoms with Crippen molar-refractivity contribution in [3.8, 4) is 0 Å². The second-order valence-electron chi connectivity index (χ2n) is 6.21. The smallest absolute Gasteiger partial charge is 0.390 e. The number of phosphoric ester groups is 1. The highest BCUT2D eigenvalue weighted by Gasteiger charge is 2.43. The van der Waals surface area contributed by atoms with Crippen LogP contribution in [0.25, 0.3) is 6.08 Å². The third-order valence-electron chi connectivity index (χ3n) is 3.76. The van der Waals surface area contributed by atoms with Crippen LogP contribution in [0, 0.1) is 0 Å². The van der Waals surface area contributed by atoms with Crippen molar-refractivity contribution in [3.05, 3.63) is 38.7 Å². The third-order valence-corrected chi connectivity index (χ3v) is 7.56. The van der Waals surface area contributed by atoms with Gasteiger partial charge in [-0.05, 0) is 0 Å². The molecule has 20 heteroatoms. The number of aromatic amines is 1. The Kier molecular flexibility index (Phi) is 8.70. The van der Waals surface area contributed by atoms with Gasteiger partial charge in [0.25, 0.3) is 5.56 Å². The summed E-state index contributed by atoms with van der Waals surface area (Å²) in [6, 6.07) is 0. The molecule has 1 saturated heterocycles. The topological polar surface area (TPSA) is 270 Å². The molecule has 2 rings (SSSR count). The number of phosphoric acid groups is 3. The lowest BCUT2D eigenvalue weighted by molar-refractivity contribution is -0.0450. The molecule has 0 aromatic carbocycles. The first-order chi connectivity index (χ1) is 14.6. The summed E-state index contributed by atoms with van der Waals surface area (Å²) >= 11 is 0. The normalized spacial score (nSPS) is 25.6. The molecule has 32 heavy (non-hydrogen) atoms. The summed E-state index contributed by atoms with van der Waals surface area (Å²) in [4.78, 5) is 61.5. The summed E-state index contributed by atoms with van der Waals surface area (Å²) in [7, 11) is -16.7. The Morgan fingerprint density at radius 1 is 1.19 bits per heavy atom. The largest absolute Gasteiger partial charge is 0.490 e. The minimum Gasteiger partial charge on any atom is -0.390 e. The summed E-state index contributed by atoms with van der Waals surface area (Å²) in [5, 5.41) is 10.1. The number of nitrogens with zero attached hydrogens (tertiary/aromatic N) is 1. The number of nitrogens with two attached hydrogens (primary N) is 1. The second-order valence-corrected chi connectivity index (χ2v) is 10.6. The molecule has 1 aliphatic rings. The van der Waals surface area contributed by atoms with Crippen LogP contribution in [-0.4, -0.2) is 59.6 Å². The van der Waals surface area contributed by atoms with Crippen LogP contribution >= 0.6 is 23.5 Å². The summed E-state index contributed by atoms with van der Waals surface area (Å²) in [5.74, 6) is 0. The molecule has 2 heterocycles. The van der Waals surface area contributed by atoms with Crippen LogP contribution in [0.1, 0.15) is 18.2 Å². The number of hydrogen-bond donors (Lipinski definition) is 7. The SMILES string of the molecule is NCC=Cc1cn([C@H]2C[C@H](O)[C@@H](COP(=O)(O)OP(=O)(O)OP(=O)(O)O)O2)c(=O)[nH]c1=O. The maximum Gasteiger partial charge on any atom is 0.490 e. The van der Waals surface area contributed by atoms with Crippen molar-refractivity contribution in [3.63, 3.8) is 0 Å². The predicted molar refractivity (Wildman–Crippen MR) is 104 cm³/mol. The maximum atomic E-state index is 12.1. The van der Waals surface area contributed by atoms with Crippen LogP contribution in [0.2, 0.25) is 0 Å². The second kappa shape index (κ2) is 10.3. The Labute approximate surface area is 178 Å². The fraction of sp³-hybridized carbons (Fsp3) is 0.500. The van der Waals surface area contributed by atoms with E-state index in [0.717, 1.165) is 10.8 Å². The molecule has 1 aromatic rings. The Hall–Kier alpha value is -1.29. The number of nitrogens with one attached hydrogen (secondary N) is 1. The molecular weight excluding hydrogens is 503 g/mol. The number of hydrogen-bond acceptors (Lipinski definition) is 11. The number of aromatic nitrogens is 2. The first-order valence-corrected chi connectivity index (χ1v) is 13.0. The van der Waals surface area contributed by atoms with Crippen LogP contribution in [0.3, 0.4) is 0 Å². The van der Waals surface area contributed by atoms with Gasteiger partial charge in [0.15, 0.2) is 0 Å².